The lowest BCUT2D eigenvalue weighted by Crippen LogP contribution is -2.51. The van der Waals surface area contributed by atoms with Gasteiger partial charge in [-0.25, -0.2) is 9.59 Å². The zero-order valence-electron chi connectivity index (χ0n) is 20.7. The van der Waals surface area contributed by atoms with E-state index in [0.717, 1.165) is 12.1 Å². The van der Waals surface area contributed by atoms with Crippen LogP contribution >= 0.6 is 0 Å². The van der Waals surface area contributed by atoms with Crippen LogP contribution in [0.1, 0.15) is 50.8 Å². The molecule has 1 aromatic carbocycles. The van der Waals surface area contributed by atoms with Crippen LogP contribution < -0.4 is 5.32 Å². The van der Waals surface area contributed by atoms with E-state index < -0.39 is 29.8 Å². The van der Waals surface area contributed by atoms with Crippen LogP contribution in [0.3, 0.4) is 0 Å². The maximum atomic E-state index is 13.1. The highest BCUT2D eigenvalue weighted by Crippen LogP contribution is 2.35. The van der Waals surface area contributed by atoms with Crippen LogP contribution in [0.25, 0.3) is 0 Å². The fourth-order valence-corrected chi connectivity index (χ4v) is 4.57. The quantitative estimate of drug-likeness (QED) is 0.533. The lowest BCUT2D eigenvalue weighted by molar-refractivity contribution is -0.149. The minimum atomic E-state index is -4.51. The van der Waals surface area contributed by atoms with Crippen molar-refractivity contribution in [3.05, 3.63) is 46.7 Å². The first-order valence-electron chi connectivity index (χ1n) is 12.1. The van der Waals surface area contributed by atoms with Crippen molar-refractivity contribution in [2.24, 2.45) is 5.92 Å². The van der Waals surface area contributed by atoms with Crippen molar-refractivity contribution in [1.82, 2.24) is 15.1 Å². The summed E-state index contributed by atoms with van der Waals surface area (Å²) in [5, 5.41) is 2.75. The number of halogens is 3. The van der Waals surface area contributed by atoms with Gasteiger partial charge in [0.15, 0.2) is 0 Å². The fraction of sp³-hybridized carbons (Fsp3) is 0.560. The largest absolute Gasteiger partial charge is 0.466 e. The Balaban J connectivity index is 1.95. The maximum Gasteiger partial charge on any atom is 0.416 e. The van der Waals surface area contributed by atoms with Crippen LogP contribution in [0, 0.1) is 5.92 Å². The number of hydrogen-bond acceptors (Lipinski definition) is 6. The minimum absolute atomic E-state index is 0.0976. The van der Waals surface area contributed by atoms with Gasteiger partial charge in [0.2, 0.25) is 0 Å². The number of amides is 2. The van der Waals surface area contributed by atoms with Crippen LogP contribution in [0.2, 0.25) is 0 Å². The van der Waals surface area contributed by atoms with E-state index in [1.165, 1.54) is 17.0 Å². The Morgan fingerprint density at radius 2 is 1.64 bits per heavy atom. The summed E-state index contributed by atoms with van der Waals surface area (Å²) in [5.74, 6) is -1.06. The summed E-state index contributed by atoms with van der Waals surface area (Å²) < 4.78 is 49.6. The number of ether oxygens (including phenoxy) is 2. The molecular weight excluding hydrogens is 479 g/mol. The number of carbonyl (C=O) groups is 3. The van der Waals surface area contributed by atoms with E-state index >= 15 is 0 Å². The number of esters is 2. The average Bonchev–Trinajstić information content (AvgIpc) is 2.84. The zero-order chi connectivity index (χ0) is 26.5. The number of nitrogens with one attached hydrogen (secondary N) is 1. The highest BCUT2D eigenvalue weighted by molar-refractivity contribution is 5.95. The number of alkyl halides is 3. The molecule has 2 amide bonds. The van der Waals surface area contributed by atoms with Gasteiger partial charge < -0.3 is 14.8 Å². The van der Waals surface area contributed by atoms with Crippen LogP contribution in [0.4, 0.5) is 18.0 Å². The number of nitrogens with zero attached hydrogens (tertiary/aromatic N) is 2. The van der Waals surface area contributed by atoms with Crippen molar-refractivity contribution in [2.45, 2.75) is 45.8 Å². The summed E-state index contributed by atoms with van der Waals surface area (Å²) in [5.41, 5.74) is 0.147. The Kier molecular flexibility index (Phi) is 8.99. The van der Waals surface area contributed by atoms with E-state index in [4.69, 9.17) is 9.47 Å². The molecule has 0 radical (unpaired) electrons. The Morgan fingerprint density at radius 1 is 1.03 bits per heavy atom. The monoisotopic (exact) mass is 511 g/mol. The van der Waals surface area contributed by atoms with Crippen molar-refractivity contribution in [3.63, 3.8) is 0 Å². The van der Waals surface area contributed by atoms with Crippen LogP contribution in [0.5, 0.6) is 0 Å². The highest BCUT2D eigenvalue weighted by atomic mass is 19.4. The number of urea groups is 1. The lowest BCUT2D eigenvalue weighted by atomic mass is 9.92. The second kappa shape index (κ2) is 11.8. The summed E-state index contributed by atoms with van der Waals surface area (Å²) in [6, 6.07) is 2.96. The molecule has 0 bridgehead atoms. The van der Waals surface area contributed by atoms with Gasteiger partial charge in [-0.15, -0.1) is 0 Å². The van der Waals surface area contributed by atoms with Gasteiger partial charge in [-0.05, 0) is 64.4 Å². The minimum Gasteiger partial charge on any atom is -0.466 e. The second-order valence-corrected chi connectivity index (χ2v) is 8.63. The molecule has 36 heavy (non-hydrogen) atoms. The van der Waals surface area contributed by atoms with Crippen molar-refractivity contribution < 1.29 is 37.0 Å². The number of hydrogen-bond donors (Lipinski definition) is 1. The van der Waals surface area contributed by atoms with Gasteiger partial charge in [-0.1, -0.05) is 12.1 Å². The molecule has 2 aliphatic rings. The molecule has 8 nitrogen and oxygen atoms in total. The van der Waals surface area contributed by atoms with E-state index in [1.54, 1.807) is 20.8 Å². The number of carbonyl (C=O) groups excluding carboxylic acids is 3. The van der Waals surface area contributed by atoms with Crippen LogP contribution in [-0.2, 0) is 25.2 Å². The first kappa shape index (κ1) is 27.5. The molecule has 0 aliphatic carbocycles. The molecule has 0 saturated carbocycles. The van der Waals surface area contributed by atoms with Gasteiger partial charge in [-0.2, -0.15) is 13.2 Å². The summed E-state index contributed by atoms with van der Waals surface area (Å²) in [6.07, 6.45) is -3.34. The van der Waals surface area contributed by atoms with Crippen molar-refractivity contribution in [1.29, 1.82) is 0 Å². The molecule has 1 fully saturated rings. The molecule has 1 aromatic rings. The zero-order valence-corrected chi connectivity index (χ0v) is 20.7. The third-order valence-electron chi connectivity index (χ3n) is 6.40. The van der Waals surface area contributed by atoms with E-state index in [9.17, 15) is 27.6 Å². The van der Waals surface area contributed by atoms with Crippen molar-refractivity contribution in [2.75, 3.05) is 39.4 Å². The van der Waals surface area contributed by atoms with Crippen molar-refractivity contribution in [3.8, 4) is 0 Å². The van der Waals surface area contributed by atoms with Gasteiger partial charge in [0.1, 0.15) is 0 Å². The number of likely N-dealkylation sites (N-methyl/N-ethyl adjacent to an activating group) is 1. The topological polar surface area (TPSA) is 88.2 Å². The highest BCUT2D eigenvalue weighted by Gasteiger charge is 2.39. The Hall–Kier alpha value is -3.08. The Morgan fingerprint density at radius 3 is 2.17 bits per heavy atom. The molecule has 2 heterocycles. The van der Waals surface area contributed by atoms with Gasteiger partial charge in [0, 0.05) is 18.8 Å². The van der Waals surface area contributed by atoms with Crippen LogP contribution in [-0.4, -0.2) is 67.2 Å². The standard InChI is InChI=1S/C25H32F3N3O5/c1-4-31-19(15-30-13-11-17(12-14-30)22(32)35-5-2)20(23(33)36-6-3)21(29-24(31)34)16-7-9-18(10-8-16)25(26,27)28/h7-10,17,21H,4-6,11-15H2,1-3H3,(H,29,34)/t21-/m1/s1. The third-order valence-corrected chi connectivity index (χ3v) is 6.40. The third kappa shape index (κ3) is 6.18. The lowest BCUT2D eigenvalue weighted by Gasteiger charge is -2.39. The Labute approximate surface area is 208 Å². The summed E-state index contributed by atoms with van der Waals surface area (Å²) in [6.45, 7) is 7.27. The second-order valence-electron chi connectivity index (χ2n) is 8.63. The molecule has 3 rings (SSSR count). The van der Waals surface area contributed by atoms with E-state index in [0.29, 0.717) is 43.8 Å². The first-order valence-corrected chi connectivity index (χ1v) is 12.1. The molecule has 1 saturated heterocycles. The molecule has 0 aromatic heterocycles. The molecule has 2 aliphatic heterocycles. The predicted molar refractivity (Wildman–Crippen MR) is 125 cm³/mol. The SMILES string of the molecule is CCOC(=O)C1=C(CN2CCC(C(=O)OCC)CC2)N(CC)C(=O)N[C@@H]1c1ccc(C(F)(F)F)cc1. The summed E-state index contributed by atoms with van der Waals surface area (Å²) in [4.78, 5) is 41.7. The number of piperidine rings is 1. The smallest absolute Gasteiger partial charge is 0.416 e. The van der Waals surface area contributed by atoms with Crippen LogP contribution in [0.15, 0.2) is 35.5 Å². The van der Waals surface area contributed by atoms with Gasteiger partial charge in [0.25, 0.3) is 0 Å². The number of likely N-dealkylation sites (tertiary alicyclic amines) is 1. The van der Waals surface area contributed by atoms with Crippen molar-refractivity contribution >= 4 is 18.0 Å². The summed E-state index contributed by atoms with van der Waals surface area (Å²) in [7, 11) is 0. The predicted octanol–water partition coefficient (Wildman–Crippen LogP) is 3.88. The number of rotatable bonds is 8. The molecule has 0 unspecified atom stereocenters. The summed E-state index contributed by atoms with van der Waals surface area (Å²) >= 11 is 0. The fourth-order valence-electron chi connectivity index (χ4n) is 4.57. The van der Waals surface area contributed by atoms with E-state index in [-0.39, 0.29) is 37.2 Å². The van der Waals surface area contributed by atoms with E-state index in [2.05, 4.69) is 10.2 Å². The Bertz CT molecular complexity index is 986. The average molecular weight is 512 g/mol. The molecule has 1 atom stereocenters. The molecule has 1 N–H and O–H groups in total. The van der Waals surface area contributed by atoms with Gasteiger partial charge in [-0.3, -0.25) is 14.6 Å². The molecule has 11 heteroatoms. The first-order chi connectivity index (χ1) is 17.1. The number of benzene rings is 1. The molecule has 198 valence electrons. The van der Waals surface area contributed by atoms with Gasteiger partial charge in [0.05, 0.1) is 36.3 Å². The molecular formula is C25H32F3N3O5. The normalized spacial score (nSPS) is 19.8. The van der Waals surface area contributed by atoms with Gasteiger partial charge >= 0.3 is 24.1 Å². The van der Waals surface area contributed by atoms with E-state index in [1.807, 2.05) is 0 Å². The maximum absolute atomic E-state index is 13.1. The molecule has 0 spiro atoms.